The van der Waals surface area contributed by atoms with Gasteiger partial charge in [0.05, 0.1) is 26.7 Å². The smallest absolute Gasteiger partial charge is 0.335 e. The van der Waals surface area contributed by atoms with Crippen molar-refractivity contribution < 1.29 is 19.5 Å². The number of aromatic carboxylic acids is 1. The van der Waals surface area contributed by atoms with Gasteiger partial charge in [0.1, 0.15) is 0 Å². The molecular formula is C21H14Cl2N2O4. The van der Waals surface area contributed by atoms with E-state index in [1.807, 2.05) is 0 Å². The van der Waals surface area contributed by atoms with Crippen molar-refractivity contribution in [1.29, 1.82) is 0 Å². The molecule has 0 unspecified atom stereocenters. The average molecular weight is 429 g/mol. The third kappa shape index (κ3) is 4.93. The summed E-state index contributed by atoms with van der Waals surface area (Å²) in [5, 5.41) is 15.1. The number of rotatable bonds is 5. The monoisotopic (exact) mass is 428 g/mol. The molecule has 0 bridgehead atoms. The van der Waals surface area contributed by atoms with Crippen molar-refractivity contribution in [1.82, 2.24) is 0 Å². The van der Waals surface area contributed by atoms with Crippen LogP contribution in [0.1, 0.15) is 31.1 Å². The van der Waals surface area contributed by atoms with Gasteiger partial charge in [-0.3, -0.25) is 9.59 Å². The first kappa shape index (κ1) is 20.4. The van der Waals surface area contributed by atoms with E-state index in [0.717, 1.165) is 0 Å². The molecule has 2 amide bonds. The first-order valence-electron chi connectivity index (χ1n) is 8.35. The summed E-state index contributed by atoms with van der Waals surface area (Å²) in [7, 11) is 0. The quantitative estimate of drug-likeness (QED) is 0.520. The molecule has 29 heavy (non-hydrogen) atoms. The van der Waals surface area contributed by atoms with Gasteiger partial charge in [-0.25, -0.2) is 4.79 Å². The Labute approximate surface area is 176 Å². The Morgan fingerprint density at radius 3 is 1.48 bits per heavy atom. The molecule has 0 aliphatic rings. The highest BCUT2D eigenvalue weighted by Crippen LogP contribution is 2.23. The van der Waals surface area contributed by atoms with Gasteiger partial charge in [-0.05, 0) is 42.5 Å². The molecule has 6 nitrogen and oxygen atoms in total. The summed E-state index contributed by atoms with van der Waals surface area (Å²) >= 11 is 12.1. The first-order valence-corrected chi connectivity index (χ1v) is 9.11. The second-order valence-electron chi connectivity index (χ2n) is 5.97. The van der Waals surface area contributed by atoms with E-state index in [2.05, 4.69) is 10.6 Å². The zero-order valence-electron chi connectivity index (χ0n) is 14.8. The van der Waals surface area contributed by atoms with Gasteiger partial charge < -0.3 is 15.7 Å². The second-order valence-corrected chi connectivity index (χ2v) is 6.79. The molecule has 3 aromatic rings. The third-order valence-electron chi connectivity index (χ3n) is 3.93. The van der Waals surface area contributed by atoms with Gasteiger partial charge in [-0.15, -0.1) is 0 Å². The van der Waals surface area contributed by atoms with Crippen molar-refractivity contribution in [3.8, 4) is 0 Å². The standard InChI is InChI=1S/C21H14Cl2N2O4/c22-17-7-3-1-5-15(17)19(26)24-13-9-12(21(28)29)10-14(11-13)25-20(27)16-6-2-4-8-18(16)23/h1-11H,(H,24,26)(H,25,27)(H,28,29). The molecular weight excluding hydrogens is 415 g/mol. The van der Waals surface area contributed by atoms with E-state index in [1.165, 1.54) is 18.2 Å². The van der Waals surface area contributed by atoms with Crippen molar-refractivity contribution in [2.45, 2.75) is 0 Å². The molecule has 3 rings (SSSR count). The zero-order valence-corrected chi connectivity index (χ0v) is 16.3. The van der Waals surface area contributed by atoms with Gasteiger partial charge in [0.15, 0.2) is 0 Å². The van der Waals surface area contributed by atoms with Crippen molar-refractivity contribution >= 4 is 52.4 Å². The highest BCUT2D eigenvalue weighted by atomic mass is 35.5. The van der Waals surface area contributed by atoms with E-state index < -0.39 is 17.8 Å². The molecule has 3 N–H and O–H groups in total. The molecule has 0 saturated heterocycles. The molecule has 0 saturated carbocycles. The fourth-order valence-corrected chi connectivity index (χ4v) is 3.03. The van der Waals surface area contributed by atoms with Crippen LogP contribution in [0, 0.1) is 0 Å². The number of benzene rings is 3. The van der Waals surface area contributed by atoms with Crippen LogP contribution in [0.25, 0.3) is 0 Å². The van der Waals surface area contributed by atoms with Crippen LogP contribution in [0.2, 0.25) is 10.0 Å². The summed E-state index contributed by atoms with van der Waals surface area (Å²) < 4.78 is 0. The summed E-state index contributed by atoms with van der Waals surface area (Å²) in [6.45, 7) is 0. The predicted molar refractivity (Wildman–Crippen MR) is 112 cm³/mol. The molecule has 0 fully saturated rings. The second kappa shape index (κ2) is 8.77. The van der Waals surface area contributed by atoms with Crippen molar-refractivity contribution in [3.05, 3.63) is 93.5 Å². The Morgan fingerprint density at radius 1 is 0.690 bits per heavy atom. The molecule has 0 aromatic heterocycles. The van der Waals surface area contributed by atoms with E-state index in [1.54, 1.807) is 48.5 Å². The predicted octanol–water partition coefficient (Wildman–Crippen LogP) is 5.20. The molecule has 3 aromatic carbocycles. The molecule has 0 radical (unpaired) electrons. The Bertz CT molecular complexity index is 1040. The maximum atomic E-state index is 12.5. The lowest BCUT2D eigenvalue weighted by molar-refractivity contribution is 0.0696. The molecule has 0 heterocycles. The van der Waals surface area contributed by atoms with E-state index in [9.17, 15) is 19.5 Å². The number of hydrogen-bond donors (Lipinski definition) is 3. The number of halogens is 2. The minimum atomic E-state index is -1.22. The number of carbonyl (C=O) groups is 3. The molecule has 0 aliphatic heterocycles. The number of carbonyl (C=O) groups excluding carboxylic acids is 2. The van der Waals surface area contributed by atoms with Gasteiger partial charge in [-0.2, -0.15) is 0 Å². The van der Waals surface area contributed by atoms with Crippen LogP contribution in [-0.2, 0) is 0 Å². The molecule has 0 spiro atoms. The summed E-state index contributed by atoms with van der Waals surface area (Å²) in [5.74, 6) is -2.24. The SMILES string of the molecule is O=C(O)c1cc(NC(=O)c2ccccc2Cl)cc(NC(=O)c2ccccc2Cl)c1. The molecule has 0 aliphatic carbocycles. The van der Waals surface area contributed by atoms with E-state index in [-0.39, 0.29) is 38.1 Å². The van der Waals surface area contributed by atoms with Gasteiger partial charge >= 0.3 is 5.97 Å². The average Bonchev–Trinajstić information content (AvgIpc) is 2.68. The Hall–Kier alpha value is -3.35. The van der Waals surface area contributed by atoms with Gasteiger partial charge in [0.25, 0.3) is 11.8 Å². The van der Waals surface area contributed by atoms with Crippen molar-refractivity contribution in [2.24, 2.45) is 0 Å². The lowest BCUT2D eigenvalue weighted by Gasteiger charge is -2.12. The van der Waals surface area contributed by atoms with E-state index in [0.29, 0.717) is 0 Å². The van der Waals surface area contributed by atoms with Gasteiger partial charge in [0.2, 0.25) is 0 Å². The van der Waals surface area contributed by atoms with Gasteiger partial charge in [-0.1, -0.05) is 47.5 Å². The summed E-state index contributed by atoms with van der Waals surface area (Å²) in [4.78, 5) is 36.4. The van der Waals surface area contributed by atoms with Crippen LogP contribution in [0.4, 0.5) is 11.4 Å². The number of nitrogens with one attached hydrogen (secondary N) is 2. The number of amides is 2. The van der Waals surface area contributed by atoms with E-state index in [4.69, 9.17) is 23.2 Å². The Balaban J connectivity index is 1.89. The Morgan fingerprint density at radius 2 is 1.10 bits per heavy atom. The van der Waals surface area contributed by atoms with Crippen LogP contribution >= 0.6 is 23.2 Å². The third-order valence-corrected chi connectivity index (χ3v) is 4.59. The Kier molecular flexibility index (Phi) is 6.16. The van der Waals surface area contributed by atoms with E-state index >= 15 is 0 Å². The first-order chi connectivity index (χ1) is 13.8. The highest BCUT2D eigenvalue weighted by molar-refractivity contribution is 6.35. The minimum absolute atomic E-state index is 0.114. The van der Waals surface area contributed by atoms with Crippen LogP contribution in [0.5, 0.6) is 0 Å². The molecule has 8 heteroatoms. The zero-order chi connectivity index (χ0) is 21.0. The van der Waals surface area contributed by atoms with Crippen molar-refractivity contribution in [2.75, 3.05) is 10.6 Å². The normalized spacial score (nSPS) is 10.3. The van der Waals surface area contributed by atoms with Crippen LogP contribution in [0.15, 0.2) is 66.7 Å². The minimum Gasteiger partial charge on any atom is -0.478 e. The lowest BCUT2D eigenvalue weighted by Crippen LogP contribution is -2.15. The summed E-state index contributed by atoms with van der Waals surface area (Å²) in [5.41, 5.74) is 0.720. The maximum Gasteiger partial charge on any atom is 0.335 e. The summed E-state index contributed by atoms with van der Waals surface area (Å²) in [6, 6.07) is 16.9. The fourth-order valence-electron chi connectivity index (χ4n) is 2.58. The number of carboxylic acid groups (broad SMARTS) is 1. The van der Waals surface area contributed by atoms with Crippen LogP contribution < -0.4 is 10.6 Å². The number of hydrogen-bond acceptors (Lipinski definition) is 3. The lowest BCUT2D eigenvalue weighted by atomic mass is 10.1. The maximum absolute atomic E-state index is 12.5. The van der Waals surface area contributed by atoms with Crippen molar-refractivity contribution in [3.63, 3.8) is 0 Å². The molecule has 0 atom stereocenters. The summed E-state index contributed by atoms with van der Waals surface area (Å²) in [6.07, 6.45) is 0. The number of anilines is 2. The highest BCUT2D eigenvalue weighted by Gasteiger charge is 2.15. The van der Waals surface area contributed by atoms with Crippen LogP contribution in [0.3, 0.4) is 0 Å². The number of carboxylic acids is 1. The van der Waals surface area contributed by atoms with Gasteiger partial charge in [0, 0.05) is 11.4 Å². The fraction of sp³-hybridized carbons (Fsp3) is 0. The van der Waals surface area contributed by atoms with Crippen LogP contribution in [-0.4, -0.2) is 22.9 Å². The topological polar surface area (TPSA) is 95.5 Å². The largest absolute Gasteiger partial charge is 0.478 e. The molecule has 146 valence electrons.